The molecule has 0 saturated heterocycles. The number of carbonyl (C=O) groups excluding carboxylic acids is 1. The molecular formula is C22H24N8O2. The van der Waals surface area contributed by atoms with E-state index in [4.69, 9.17) is 0 Å². The van der Waals surface area contributed by atoms with Crippen molar-refractivity contribution in [3.63, 3.8) is 0 Å². The first-order chi connectivity index (χ1) is 15.5. The van der Waals surface area contributed by atoms with Crippen molar-refractivity contribution in [2.24, 2.45) is 0 Å². The molecule has 32 heavy (non-hydrogen) atoms. The van der Waals surface area contributed by atoms with E-state index in [1.807, 2.05) is 25.4 Å². The van der Waals surface area contributed by atoms with E-state index in [1.165, 1.54) is 6.20 Å². The van der Waals surface area contributed by atoms with E-state index in [9.17, 15) is 9.59 Å². The fraction of sp³-hybridized carbons (Fsp3) is 0.182. The van der Waals surface area contributed by atoms with Gasteiger partial charge in [-0.3, -0.25) is 14.6 Å². The largest absolute Gasteiger partial charge is 0.374 e. The third kappa shape index (κ3) is 4.69. The van der Waals surface area contributed by atoms with Crippen LogP contribution < -0.4 is 21.1 Å². The lowest BCUT2D eigenvalue weighted by Crippen LogP contribution is -2.22. The summed E-state index contributed by atoms with van der Waals surface area (Å²) >= 11 is 0. The van der Waals surface area contributed by atoms with Crippen molar-refractivity contribution in [2.45, 2.75) is 6.42 Å². The van der Waals surface area contributed by atoms with E-state index >= 15 is 0 Å². The molecule has 164 valence electrons. The van der Waals surface area contributed by atoms with Gasteiger partial charge in [0, 0.05) is 56.3 Å². The van der Waals surface area contributed by atoms with Gasteiger partial charge < -0.3 is 30.7 Å². The van der Waals surface area contributed by atoms with Crippen molar-refractivity contribution >= 4 is 23.1 Å². The van der Waals surface area contributed by atoms with Crippen LogP contribution in [0.4, 0.5) is 17.2 Å². The molecule has 10 nitrogen and oxygen atoms in total. The summed E-state index contributed by atoms with van der Waals surface area (Å²) in [7, 11) is 3.74. The SMILES string of the molecule is CNc1cncc(-c2c[nH]c(=O)c(NC(=O)c3ccc(N(C)CCc4c[nH][nH]4)cc3)c2)n1. The first kappa shape index (κ1) is 20.9. The monoisotopic (exact) mass is 432 g/mol. The minimum Gasteiger partial charge on any atom is -0.374 e. The van der Waals surface area contributed by atoms with Crippen LogP contribution >= 0.6 is 0 Å². The molecule has 4 aromatic rings. The van der Waals surface area contributed by atoms with Crippen LogP contribution in [0.3, 0.4) is 0 Å². The zero-order chi connectivity index (χ0) is 22.5. The maximum atomic E-state index is 12.7. The van der Waals surface area contributed by atoms with Gasteiger partial charge in [0.05, 0.1) is 23.8 Å². The standard InChI is InChI=1S/C22H24N8O2/c1-23-20-13-24-12-19(27-20)15-9-18(22(32)25-10-15)28-21(31)14-3-5-17(6-4-14)30(2)8-7-16-11-26-29-16/h3-6,9-13,26,29H,7-8H2,1-2H3,(H,23,27)(H,25,32)(H,28,31). The topological polar surface area (TPSA) is 135 Å². The number of nitrogens with one attached hydrogen (secondary N) is 5. The fourth-order valence-corrected chi connectivity index (χ4v) is 3.14. The lowest BCUT2D eigenvalue weighted by Gasteiger charge is -2.20. The molecule has 0 bridgehead atoms. The Morgan fingerprint density at radius 2 is 1.94 bits per heavy atom. The fourth-order valence-electron chi connectivity index (χ4n) is 3.14. The van der Waals surface area contributed by atoms with Gasteiger partial charge in [-0.25, -0.2) is 4.98 Å². The number of anilines is 3. The summed E-state index contributed by atoms with van der Waals surface area (Å²) in [5.74, 6) is 0.230. The molecule has 0 aliphatic carbocycles. The van der Waals surface area contributed by atoms with E-state index in [1.54, 1.807) is 37.6 Å². The number of pyridine rings is 1. The van der Waals surface area contributed by atoms with E-state index in [2.05, 4.69) is 40.7 Å². The third-order valence-electron chi connectivity index (χ3n) is 5.10. The molecule has 0 spiro atoms. The zero-order valence-corrected chi connectivity index (χ0v) is 17.8. The normalized spacial score (nSPS) is 10.7. The molecule has 0 saturated carbocycles. The number of hydrogen-bond donors (Lipinski definition) is 5. The minimum absolute atomic E-state index is 0.139. The van der Waals surface area contributed by atoms with Gasteiger partial charge in [0.15, 0.2) is 0 Å². The lowest BCUT2D eigenvalue weighted by atomic mass is 10.1. The van der Waals surface area contributed by atoms with Crippen LogP contribution in [0.1, 0.15) is 16.1 Å². The van der Waals surface area contributed by atoms with Crippen LogP contribution in [0.5, 0.6) is 0 Å². The van der Waals surface area contributed by atoms with Gasteiger partial charge in [0.2, 0.25) is 0 Å². The number of aromatic nitrogens is 5. The van der Waals surface area contributed by atoms with Crippen molar-refractivity contribution in [2.75, 3.05) is 36.2 Å². The highest BCUT2D eigenvalue weighted by Gasteiger charge is 2.12. The lowest BCUT2D eigenvalue weighted by molar-refractivity contribution is 0.102. The van der Waals surface area contributed by atoms with E-state index in [0.717, 1.165) is 24.3 Å². The Kier molecular flexibility index (Phi) is 6.02. The predicted octanol–water partition coefficient (Wildman–Crippen LogP) is 2.46. The summed E-state index contributed by atoms with van der Waals surface area (Å²) < 4.78 is 0. The number of H-pyrrole nitrogens is 3. The third-order valence-corrected chi connectivity index (χ3v) is 5.10. The molecule has 1 amide bonds. The summed E-state index contributed by atoms with van der Waals surface area (Å²) in [6.07, 6.45) is 7.55. The Bertz CT molecular complexity index is 1250. The average molecular weight is 432 g/mol. The summed E-state index contributed by atoms with van der Waals surface area (Å²) in [4.78, 5) is 38.3. The maximum absolute atomic E-state index is 12.7. The van der Waals surface area contributed by atoms with E-state index < -0.39 is 5.56 Å². The van der Waals surface area contributed by atoms with Gasteiger partial charge >= 0.3 is 0 Å². The van der Waals surface area contributed by atoms with E-state index in [-0.39, 0.29) is 11.6 Å². The second kappa shape index (κ2) is 9.21. The van der Waals surface area contributed by atoms with Crippen molar-refractivity contribution in [3.8, 4) is 11.3 Å². The van der Waals surface area contributed by atoms with Gasteiger partial charge in [-0.2, -0.15) is 0 Å². The zero-order valence-electron chi connectivity index (χ0n) is 17.8. The van der Waals surface area contributed by atoms with Crippen molar-refractivity contribution in [1.29, 1.82) is 0 Å². The number of amides is 1. The molecule has 4 rings (SSSR count). The highest BCUT2D eigenvalue weighted by Crippen LogP contribution is 2.19. The molecule has 10 heteroatoms. The molecule has 0 aliphatic rings. The molecule has 0 fully saturated rings. The Hall–Kier alpha value is -4.34. The molecule has 1 aromatic carbocycles. The van der Waals surface area contributed by atoms with Gasteiger partial charge in [0.25, 0.3) is 11.5 Å². The van der Waals surface area contributed by atoms with Crippen LogP contribution in [-0.4, -0.2) is 51.7 Å². The maximum Gasteiger partial charge on any atom is 0.271 e. The van der Waals surface area contributed by atoms with Crippen LogP contribution in [0.15, 0.2) is 59.9 Å². The first-order valence-electron chi connectivity index (χ1n) is 10.1. The van der Waals surface area contributed by atoms with Crippen molar-refractivity contribution < 1.29 is 4.79 Å². The quantitative estimate of drug-likeness (QED) is 0.290. The number of hydrogen-bond acceptors (Lipinski definition) is 6. The van der Waals surface area contributed by atoms with Crippen LogP contribution in [0.2, 0.25) is 0 Å². The summed E-state index contributed by atoms with van der Waals surface area (Å²) in [6.45, 7) is 0.839. The number of rotatable bonds is 8. The molecule has 0 unspecified atom stereocenters. The van der Waals surface area contributed by atoms with Crippen LogP contribution in [0.25, 0.3) is 11.3 Å². The summed E-state index contributed by atoms with van der Waals surface area (Å²) in [6, 6.07) is 8.83. The smallest absolute Gasteiger partial charge is 0.271 e. The number of likely N-dealkylation sites (N-methyl/N-ethyl adjacent to an activating group) is 1. The second-order valence-electron chi connectivity index (χ2n) is 7.28. The molecule has 3 aromatic heterocycles. The molecule has 5 N–H and O–H groups in total. The Morgan fingerprint density at radius 1 is 1.16 bits per heavy atom. The number of nitrogens with zero attached hydrogens (tertiary/aromatic N) is 3. The number of carbonyl (C=O) groups is 1. The number of benzene rings is 1. The predicted molar refractivity (Wildman–Crippen MR) is 124 cm³/mol. The van der Waals surface area contributed by atoms with Gasteiger partial charge in [-0.1, -0.05) is 0 Å². The average Bonchev–Trinajstić information content (AvgIpc) is 2.79. The summed E-state index contributed by atoms with van der Waals surface area (Å²) in [5, 5.41) is 11.5. The Balaban J connectivity index is 1.46. The van der Waals surface area contributed by atoms with E-state index in [0.29, 0.717) is 22.6 Å². The highest BCUT2D eigenvalue weighted by molar-refractivity contribution is 6.04. The van der Waals surface area contributed by atoms with Gasteiger partial charge in [0.1, 0.15) is 11.5 Å². The molecule has 0 radical (unpaired) electrons. The Labute approximate surface area is 184 Å². The molecular weight excluding hydrogens is 408 g/mol. The second-order valence-corrected chi connectivity index (χ2v) is 7.28. The number of aromatic amines is 3. The highest BCUT2D eigenvalue weighted by atomic mass is 16.2. The van der Waals surface area contributed by atoms with Crippen LogP contribution in [-0.2, 0) is 6.42 Å². The molecule has 3 heterocycles. The Morgan fingerprint density at radius 3 is 2.62 bits per heavy atom. The van der Waals surface area contributed by atoms with Gasteiger partial charge in [-0.05, 0) is 30.3 Å². The first-order valence-corrected chi connectivity index (χ1v) is 10.1. The van der Waals surface area contributed by atoms with Gasteiger partial charge in [-0.15, -0.1) is 0 Å². The van der Waals surface area contributed by atoms with Crippen LogP contribution in [0, 0.1) is 0 Å². The minimum atomic E-state index is -0.399. The van der Waals surface area contributed by atoms with Crippen molar-refractivity contribution in [1.82, 2.24) is 25.1 Å². The van der Waals surface area contributed by atoms with Crippen molar-refractivity contribution in [3.05, 3.63) is 76.7 Å². The summed E-state index contributed by atoms with van der Waals surface area (Å²) in [5.41, 5.74) is 3.55. The molecule has 0 atom stereocenters. The molecule has 0 aliphatic heterocycles.